The Hall–Kier alpha value is -3.14. The van der Waals surface area contributed by atoms with E-state index in [9.17, 15) is 14.7 Å². The van der Waals surface area contributed by atoms with Crippen LogP contribution in [0.5, 0.6) is 5.75 Å². The standard InChI is InChI=1S/C36H54N4O5/c1-26-22-40(27(2)25-41)35(42)32-21-31(38-36(43)37-30-16-9-6-10-17-30)18-19-33(32)45-28(3)13-11-12-20-44-34(26)24-39(4)23-29-14-7-5-8-15-29/h5,7-8,14-15,18-19,21,26-28,30,34,41H,6,9-13,16-17,20,22-25H2,1-4H3,(H2,37,38,43)/t26-,27+,28-,34+/m1/s1. The van der Waals surface area contributed by atoms with E-state index < -0.39 is 6.04 Å². The average molecular weight is 623 g/mol. The van der Waals surface area contributed by atoms with E-state index in [4.69, 9.17) is 9.47 Å². The summed E-state index contributed by atoms with van der Waals surface area (Å²) in [5.41, 5.74) is 2.14. The lowest BCUT2D eigenvalue weighted by molar-refractivity contribution is -0.0177. The predicted octanol–water partition coefficient (Wildman–Crippen LogP) is 6.07. The number of nitrogens with zero attached hydrogens (tertiary/aromatic N) is 2. The zero-order valence-electron chi connectivity index (χ0n) is 27.7. The normalized spacial score (nSPS) is 23.0. The van der Waals surface area contributed by atoms with Gasteiger partial charge in [-0.2, -0.15) is 0 Å². The predicted molar refractivity (Wildman–Crippen MR) is 179 cm³/mol. The Bertz CT molecular complexity index is 1210. The number of likely N-dealkylation sites (N-methyl/N-ethyl adjacent to an activating group) is 1. The molecule has 2 aliphatic rings. The maximum atomic E-state index is 14.3. The molecular weight excluding hydrogens is 568 g/mol. The number of nitrogens with one attached hydrogen (secondary N) is 2. The van der Waals surface area contributed by atoms with Crippen LogP contribution in [-0.2, 0) is 11.3 Å². The molecule has 0 unspecified atom stereocenters. The minimum absolute atomic E-state index is 0.00464. The van der Waals surface area contributed by atoms with Gasteiger partial charge in [-0.15, -0.1) is 0 Å². The number of hydrogen-bond acceptors (Lipinski definition) is 6. The number of hydrogen-bond donors (Lipinski definition) is 3. The Morgan fingerprint density at radius 1 is 1.04 bits per heavy atom. The molecule has 2 aromatic rings. The summed E-state index contributed by atoms with van der Waals surface area (Å²) in [4.78, 5) is 31.2. The van der Waals surface area contributed by atoms with Crippen molar-refractivity contribution in [3.8, 4) is 5.75 Å². The first-order chi connectivity index (χ1) is 21.7. The molecule has 2 aromatic carbocycles. The summed E-state index contributed by atoms with van der Waals surface area (Å²) in [7, 11) is 2.10. The lowest BCUT2D eigenvalue weighted by atomic mass is 9.96. The zero-order chi connectivity index (χ0) is 32.2. The fraction of sp³-hybridized carbons (Fsp3) is 0.611. The monoisotopic (exact) mass is 622 g/mol. The van der Waals surface area contributed by atoms with Gasteiger partial charge in [0.1, 0.15) is 5.75 Å². The smallest absolute Gasteiger partial charge is 0.319 e. The first-order valence-corrected chi connectivity index (χ1v) is 16.9. The second-order valence-electron chi connectivity index (χ2n) is 13.1. The molecule has 0 spiro atoms. The molecule has 1 saturated carbocycles. The third-order valence-corrected chi connectivity index (χ3v) is 9.04. The van der Waals surface area contributed by atoms with Crippen LogP contribution in [0.1, 0.15) is 88.1 Å². The highest BCUT2D eigenvalue weighted by molar-refractivity contribution is 5.99. The Morgan fingerprint density at radius 2 is 1.78 bits per heavy atom. The molecule has 4 rings (SSSR count). The van der Waals surface area contributed by atoms with Gasteiger partial charge in [0.25, 0.3) is 5.91 Å². The fourth-order valence-electron chi connectivity index (χ4n) is 6.33. The van der Waals surface area contributed by atoms with Crippen LogP contribution < -0.4 is 15.4 Å². The van der Waals surface area contributed by atoms with Crippen molar-refractivity contribution in [3.05, 3.63) is 59.7 Å². The van der Waals surface area contributed by atoms with Crippen molar-refractivity contribution in [1.82, 2.24) is 15.1 Å². The number of aliphatic hydroxyl groups is 1. The van der Waals surface area contributed by atoms with Gasteiger partial charge in [-0.3, -0.25) is 9.69 Å². The Morgan fingerprint density at radius 3 is 2.51 bits per heavy atom. The Balaban J connectivity index is 1.56. The van der Waals surface area contributed by atoms with Crippen molar-refractivity contribution in [1.29, 1.82) is 0 Å². The number of aliphatic hydroxyl groups excluding tert-OH is 1. The van der Waals surface area contributed by atoms with E-state index in [1.807, 2.05) is 19.9 Å². The second-order valence-corrected chi connectivity index (χ2v) is 13.1. The number of rotatable bonds is 8. The lowest BCUT2D eigenvalue weighted by Crippen LogP contribution is -2.47. The van der Waals surface area contributed by atoms with E-state index in [-0.39, 0.29) is 42.7 Å². The number of amides is 3. The van der Waals surface area contributed by atoms with Crippen molar-refractivity contribution in [3.63, 3.8) is 0 Å². The summed E-state index contributed by atoms with van der Waals surface area (Å²) >= 11 is 0. The molecule has 1 heterocycles. The van der Waals surface area contributed by atoms with E-state index in [0.29, 0.717) is 36.7 Å². The van der Waals surface area contributed by atoms with Gasteiger partial charge in [0.15, 0.2) is 0 Å². The molecule has 0 aromatic heterocycles. The number of carbonyl (C=O) groups is 2. The molecule has 248 valence electrons. The fourth-order valence-corrected chi connectivity index (χ4v) is 6.33. The van der Waals surface area contributed by atoms with E-state index in [1.165, 1.54) is 12.0 Å². The van der Waals surface area contributed by atoms with Crippen LogP contribution in [0.2, 0.25) is 0 Å². The van der Waals surface area contributed by atoms with Crippen LogP contribution in [0.25, 0.3) is 0 Å². The van der Waals surface area contributed by atoms with Gasteiger partial charge in [-0.25, -0.2) is 4.79 Å². The third-order valence-electron chi connectivity index (χ3n) is 9.04. The van der Waals surface area contributed by atoms with Gasteiger partial charge in [0.2, 0.25) is 0 Å². The summed E-state index contributed by atoms with van der Waals surface area (Å²) in [5.74, 6) is 0.242. The lowest BCUT2D eigenvalue weighted by Gasteiger charge is -2.36. The topological polar surface area (TPSA) is 103 Å². The van der Waals surface area contributed by atoms with Crippen LogP contribution in [-0.4, -0.2) is 84.5 Å². The number of anilines is 1. The van der Waals surface area contributed by atoms with Crippen LogP contribution in [0.4, 0.5) is 10.5 Å². The number of benzene rings is 2. The Labute approximate surface area is 269 Å². The molecule has 9 nitrogen and oxygen atoms in total. The third kappa shape index (κ3) is 10.7. The summed E-state index contributed by atoms with van der Waals surface area (Å²) in [6.45, 7) is 8.37. The first kappa shape index (κ1) is 34.7. The molecule has 3 N–H and O–H groups in total. The van der Waals surface area contributed by atoms with Crippen LogP contribution >= 0.6 is 0 Å². The first-order valence-electron chi connectivity index (χ1n) is 16.9. The molecule has 0 bridgehead atoms. The largest absolute Gasteiger partial charge is 0.490 e. The number of ether oxygens (including phenoxy) is 2. The van der Waals surface area contributed by atoms with Gasteiger partial charge in [0.05, 0.1) is 30.4 Å². The molecule has 1 aliphatic carbocycles. The molecule has 9 heteroatoms. The SMILES string of the molecule is C[C@@H]1CCCCO[C@@H](CN(C)Cc2ccccc2)[C@H](C)CN([C@@H](C)CO)C(=O)c2cc(NC(=O)NC3CCCCC3)ccc2O1. The van der Waals surface area contributed by atoms with Crippen LogP contribution in [0.15, 0.2) is 48.5 Å². The van der Waals surface area contributed by atoms with Gasteiger partial charge < -0.3 is 30.1 Å². The molecule has 0 saturated heterocycles. The van der Waals surface area contributed by atoms with Gasteiger partial charge >= 0.3 is 6.03 Å². The van der Waals surface area contributed by atoms with Crippen LogP contribution in [0.3, 0.4) is 0 Å². The molecule has 1 aliphatic heterocycles. The maximum Gasteiger partial charge on any atom is 0.319 e. The maximum absolute atomic E-state index is 14.3. The van der Waals surface area contributed by atoms with Crippen molar-refractivity contribution in [2.75, 3.05) is 38.7 Å². The van der Waals surface area contributed by atoms with Crippen LogP contribution in [0, 0.1) is 5.92 Å². The minimum atomic E-state index is -0.424. The highest BCUT2D eigenvalue weighted by atomic mass is 16.5. The van der Waals surface area contributed by atoms with E-state index >= 15 is 0 Å². The van der Waals surface area contributed by atoms with Gasteiger partial charge in [-0.05, 0) is 76.8 Å². The number of urea groups is 1. The van der Waals surface area contributed by atoms with Crippen molar-refractivity contribution < 1.29 is 24.2 Å². The van der Waals surface area contributed by atoms with Gasteiger partial charge in [0, 0.05) is 43.9 Å². The van der Waals surface area contributed by atoms with E-state index in [1.54, 1.807) is 23.1 Å². The highest BCUT2D eigenvalue weighted by Crippen LogP contribution is 2.29. The zero-order valence-corrected chi connectivity index (χ0v) is 27.7. The summed E-state index contributed by atoms with van der Waals surface area (Å²) in [6, 6.07) is 15.1. The highest BCUT2D eigenvalue weighted by Gasteiger charge is 2.30. The van der Waals surface area contributed by atoms with E-state index in [2.05, 4.69) is 53.8 Å². The van der Waals surface area contributed by atoms with Crippen molar-refractivity contribution >= 4 is 17.6 Å². The molecule has 0 radical (unpaired) electrons. The number of fused-ring (bicyclic) bond motifs is 1. The molecule has 45 heavy (non-hydrogen) atoms. The van der Waals surface area contributed by atoms with Crippen molar-refractivity contribution in [2.24, 2.45) is 5.92 Å². The minimum Gasteiger partial charge on any atom is -0.490 e. The second kappa shape index (κ2) is 17.5. The average Bonchev–Trinajstić information content (AvgIpc) is 3.03. The molecule has 4 atom stereocenters. The summed E-state index contributed by atoms with van der Waals surface area (Å²) in [6.07, 6.45) is 7.91. The number of carbonyl (C=O) groups excluding carboxylic acids is 2. The van der Waals surface area contributed by atoms with Crippen molar-refractivity contribution in [2.45, 2.75) is 103 Å². The Kier molecular flexibility index (Phi) is 13.5. The molecular formula is C36H54N4O5. The van der Waals surface area contributed by atoms with Gasteiger partial charge in [-0.1, -0.05) is 56.5 Å². The molecule has 1 fully saturated rings. The molecule has 3 amide bonds. The quantitative estimate of drug-likeness (QED) is 0.330. The summed E-state index contributed by atoms with van der Waals surface area (Å²) < 4.78 is 12.8. The summed E-state index contributed by atoms with van der Waals surface area (Å²) in [5, 5.41) is 16.3. The van der Waals surface area contributed by atoms with E-state index in [0.717, 1.165) is 51.5 Å².